The number of carbonyl (C=O) groups excluding carboxylic acids is 1. The van der Waals surface area contributed by atoms with Gasteiger partial charge in [-0.05, 0) is 36.6 Å². The lowest BCUT2D eigenvalue weighted by Crippen LogP contribution is -2.44. The molecule has 0 bridgehead atoms. The van der Waals surface area contributed by atoms with Crippen molar-refractivity contribution in [3.8, 4) is 0 Å². The standard InChI is InChI=1S/C17H15BrClFN2O2/c18-11-4-3-10(13(19)8-11)9-22-16(24)17(20)6-5-14(23)15-12(17)2-1-7-21-15/h1-4,7-8,14,23H,5-6,9H2,(H,22,24)/t14-,17-/m1/s1. The molecule has 1 amide bonds. The van der Waals surface area contributed by atoms with E-state index in [2.05, 4.69) is 26.2 Å². The van der Waals surface area contributed by atoms with Crippen LogP contribution in [0.15, 0.2) is 41.0 Å². The summed E-state index contributed by atoms with van der Waals surface area (Å²) in [5, 5.41) is 13.0. The van der Waals surface area contributed by atoms with E-state index in [0.717, 1.165) is 4.47 Å². The first-order chi connectivity index (χ1) is 11.4. The van der Waals surface area contributed by atoms with Crippen molar-refractivity contribution in [2.24, 2.45) is 0 Å². The third-order valence-electron chi connectivity index (χ3n) is 4.16. The molecule has 4 nitrogen and oxygen atoms in total. The lowest BCUT2D eigenvalue weighted by Gasteiger charge is -2.32. The molecule has 0 saturated heterocycles. The molecule has 2 aromatic rings. The van der Waals surface area contributed by atoms with Crippen LogP contribution < -0.4 is 5.32 Å². The third-order valence-corrected chi connectivity index (χ3v) is 5.00. The first kappa shape index (κ1) is 17.3. The number of hydrogen-bond donors (Lipinski definition) is 2. The number of alkyl halides is 1. The van der Waals surface area contributed by atoms with Crippen LogP contribution in [-0.4, -0.2) is 16.0 Å². The summed E-state index contributed by atoms with van der Waals surface area (Å²) >= 11 is 9.42. The normalized spacial score (nSPS) is 22.8. The van der Waals surface area contributed by atoms with Crippen molar-refractivity contribution in [3.63, 3.8) is 0 Å². The van der Waals surface area contributed by atoms with Crippen LogP contribution in [0.4, 0.5) is 4.39 Å². The van der Waals surface area contributed by atoms with E-state index in [1.54, 1.807) is 24.3 Å². The van der Waals surface area contributed by atoms with Crippen molar-refractivity contribution in [1.82, 2.24) is 10.3 Å². The van der Waals surface area contributed by atoms with Crippen molar-refractivity contribution >= 4 is 33.4 Å². The van der Waals surface area contributed by atoms with Crippen molar-refractivity contribution in [1.29, 1.82) is 0 Å². The quantitative estimate of drug-likeness (QED) is 0.804. The summed E-state index contributed by atoms with van der Waals surface area (Å²) in [6.45, 7) is 0.120. The maximum absolute atomic E-state index is 15.4. The number of aromatic nitrogens is 1. The number of fused-ring (bicyclic) bond motifs is 1. The van der Waals surface area contributed by atoms with Gasteiger partial charge in [0.25, 0.3) is 5.91 Å². The van der Waals surface area contributed by atoms with Crippen LogP contribution in [0, 0.1) is 0 Å². The molecule has 0 spiro atoms. The Hall–Kier alpha value is -1.50. The summed E-state index contributed by atoms with van der Waals surface area (Å²) in [4.78, 5) is 16.5. The topological polar surface area (TPSA) is 62.2 Å². The minimum atomic E-state index is -2.20. The Bertz CT molecular complexity index is 789. The Labute approximate surface area is 152 Å². The van der Waals surface area contributed by atoms with Crippen molar-refractivity contribution in [2.45, 2.75) is 31.2 Å². The van der Waals surface area contributed by atoms with E-state index in [0.29, 0.717) is 10.6 Å². The summed E-state index contributed by atoms with van der Waals surface area (Å²) in [5.41, 5.74) is -1.16. The van der Waals surface area contributed by atoms with Crippen molar-refractivity contribution in [2.75, 3.05) is 0 Å². The van der Waals surface area contributed by atoms with Gasteiger partial charge < -0.3 is 10.4 Å². The fourth-order valence-electron chi connectivity index (χ4n) is 2.84. The van der Waals surface area contributed by atoms with Crippen molar-refractivity contribution < 1.29 is 14.3 Å². The molecule has 1 aliphatic carbocycles. The monoisotopic (exact) mass is 412 g/mol. The summed E-state index contributed by atoms with van der Waals surface area (Å²) in [6, 6.07) is 8.33. The van der Waals surface area contributed by atoms with E-state index < -0.39 is 17.7 Å². The molecule has 126 valence electrons. The van der Waals surface area contributed by atoms with Gasteiger partial charge in [0, 0.05) is 27.8 Å². The molecular formula is C17H15BrClFN2O2. The predicted octanol–water partition coefficient (Wildman–Crippen LogP) is 3.81. The van der Waals surface area contributed by atoms with Gasteiger partial charge in [0.15, 0.2) is 0 Å². The third kappa shape index (κ3) is 3.18. The van der Waals surface area contributed by atoms with Gasteiger partial charge in [0.1, 0.15) is 0 Å². The molecule has 1 aliphatic rings. The number of benzene rings is 1. The van der Waals surface area contributed by atoms with Gasteiger partial charge in [-0.25, -0.2) is 4.39 Å². The van der Waals surface area contributed by atoms with Crippen LogP contribution in [0.2, 0.25) is 5.02 Å². The van der Waals surface area contributed by atoms with E-state index >= 15 is 4.39 Å². The Morgan fingerprint density at radius 3 is 3.04 bits per heavy atom. The molecule has 0 fully saturated rings. The number of amides is 1. The highest BCUT2D eigenvalue weighted by Crippen LogP contribution is 2.42. The average Bonchev–Trinajstić information content (AvgIpc) is 2.57. The Morgan fingerprint density at radius 1 is 1.50 bits per heavy atom. The van der Waals surface area contributed by atoms with Crippen LogP contribution in [0.25, 0.3) is 0 Å². The molecule has 0 aliphatic heterocycles. The van der Waals surface area contributed by atoms with E-state index in [-0.39, 0.29) is 30.6 Å². The van der Waals surface area contributed by atoms with Crippen molar-refractivity contribution in [3.05, 3.63) is 62.8 Å². The summed E-state index contributed by atoms with van der Waals surface area (Å²) < 4.78 is 16.2. The van der Waals surface area contributed by atoms with Crippen LogP contribution in [0.1, 0.15) is 35.8 Å². The molecule has 24 heavy (non-hydrogen) atoms. The van der Waals surface area contributed by atoms with Gasteiger partial charge in [-0.15, -0.1) is 0 Å². The smallest absolute Gasteiger partial charge is 0.262 e. The Morgan fingerprint density at radius 2 is 2.29 bits per heavy atom. The fraction of sp³-hybridized carbons (Fsp3) is 0.294. The number of nitrogens with zero attached hydrogens (tertiary/aromatic N) is 1. The zero-order chi connectivity index (χ0) is 17.3. The zero-order valence-corrected chi connectivity index (χ0v) is 14.9. The highest BCUT2D eigenvalue weighted by Gasteiger charge is 2.46. The molecule has 0 saturated carbocycles. The van der Waals surface area contributed by atoms with Gasteiger partial charge in [0.2, 0.25) is 5.67 Å². The minimum absolute atomic E-state index is 0.0905. The maximum atomic E-state index is 15.4. The number of pyridine rings is 1. The summed E-state index contributed by atoms with van der Waals surface area (Å²) in [6.07, 6.45) is 0.686. The fourth-order valence-corrected chi connectivity index (χ4v) is 3.58. The number of nitrogens with one attached hydrogen (secondary N) is 1. The highest BCUT2D eigenvalue weighted by molar-refractivity contribution is 9.10. The van der Waals surface area contributed by atoms with Gasteiger partial charge in [-0.3, -0.25) is 9.78 Å². The number of hydrogen-bond acceptors (Lipinski definition) is 3. The van der Waals surface area contributed by atoms with Gasteiger partial charge in [0.05, 0.1) is 11.8 Å². The summed E-state index contributed by atoms with van der Waals surface area (Å²) in [5.74, 6) is -0.748. The number of halogens is 3. The van der Waals surface area contributed by atoms with Crippen LogP contribution in [0.3, 0.4) is 0 Å². The molecule has 1 aromatic heterocycles. The highest BCUT2D eigenvalue weighted by atomic mass is 79.9. The maximum Gasteiger partial charge on any atom is 0.262 e. The van der Waals surface area contributed by atoms with E-state index in [4.69, 9.17) is 11.6 Å². The van der Waals surface area contributed by atoms with E-state index in [9.17, 15) is 9.90 Å². The largest absolute Gasteiger partial charge is 0.387 e. The SMILES string of the molecule is O=C(NCc1ccc(Br)cc1Cl)[C@@]1(F)CC[C@@H](O)c2ncccc21. The van der Waals surface area contributed by atoms with Crippen LogP contribution >= 0.6 is 27.5 Å². The Balaban J connectivity index is 1.81. The second-order valence-corrected chi connectivity index (χ2v) is 7.03. The van der Waals surface area contributed by atoms with Gasteiger partial charge in [-0.1, -0.05) is 39.7 Å². The van der Waals surface area contributed by atoms with Crippen LogP contribution in [-0.2, 0) is 17.0 Å². The molecule has 0 radical (unpaired) electrons. The predicted molar refractivity (Wildman–Crippen MR) is 92.2 cm³/mol. The second kappa shape index (κ2) is 6.78. The van der Waals surface area contributed by atoms with Gasteiger partial charge >= 0.3 is 0 Å². The van der Waals surface area contributed by atoms with E-state index in [1.807, 2.05) is 0 Å². The van der Waals surface area contributed by atoms with Gasteiger partial charge in [-0.2, -0.15) is 0 Å². The lowest BCUT2D eigenvalue weighted by atomic mass is 9.81. The molecule has 1 heterocycles. The Kier molecular flexibility index (Phi) is 4.90. The first-order valence-corrected chi connectivity index (χ1v) is 8.63. The van der Waals surface area contributed by atoms with Crippen LogP contribution in [0.5, 0.6) is 0 Å². The lowest BCUT2D eigenvalue weighted by molar-refractivity contribution is -0.135. The number of aliphatic hydroxyl groups excluding tert-OH is 1. The number of rotatable bonds is 3. The molecular weight excluding hydrogens is 399 g/mol. The molecule has 2 atom stereocenters. The molecule has 2 N–H and O–H groups in total. The molecule has 7 heteroatoms. The van der Waals surface area contributed by atoms with E-state index in [1.165, 1.54) is 12.3 Å². The second-order valence-electron chi connectivity index (χ2n) is 5.71. The first-order valence-electron chi connectivity index (χ1n) is 7.46. The minimum Gasteiger partial charge on any atom is -0.387 e. The average molecular weight is 414 g/mol. The molecule has 3 rings (SSSR count). The molecule has 1 aromatic carbocycles. The number of aliphatic hydroxyl groups is 1. The summed E-state index contributed by atoms with van der Waals surface area (Å²) in [7, 11) is 0. The molecule has 0 unspecified atom stereocenters. The number of carbonyl (C=O) groups is 1. The zero-order valence-electron chi connectivity index (χ0n) is 12.6.